The maximum absolute atomic E-state index is 12.8. The van der Waals surface area contributed by atoms with E-state index in [1.54, 1.807) is 0 Å². The summed E-state index contributed by atoms with van der Waals surface area (Å²) in [7, 11) is -3.74. The summed E-state index contributed by atoms with van der Waals surface area (Å²) in [4.78, 5) is 0. The maximum atomic E-state index is 12.8. The fourth-order valence-electron chi connectivity index (χ4n) is 1.18. The first-order valence-corrected chi connectivity index (χ1v) is 6.23. The monoisotopic (exact) mass is 246 g/mol. The van der Waals surface area contributed by atoms with Gasteiger partial charge >= 0.3 is 0 Å². The van der Waals surface area contributed by atoms with Gasteiger partial charge in [0.1, 0.15) is 11.6 Å². The molecule has 16 heavy (non-hydrogen) atoms. The van der Waals surface area contributed by atoms with E-state index in [1.165, 1.54) is 0 Å². The molecule has 0 unspecified atom stereocenters. The lowest BCUT2D eigenvalue weighted by molar-refractivity contribution is 0.475. The van der Waals surface area contributed by atoms with Gasteiger partial charge in [-0.1, -0.05) is 0 Å². The van der Waals surface area contributed by atoms with E-state index < -0.39 is 16.0 Å². The van der Waals surface area contributed by atoms with Gasteiger partial charge in [0, 0.05) is 12.1 Å². The highest BCUT2D eigenvalue weighted by molar-refractivity contribution is 7.90. The van der Waals surface area contributed by atoms with Crippen LogP contribution >= 0.6 is 0 Å². The molecule has 0 radical (unpaired) electrons. The van der Waals surface area contributed by atoms with E-state index in [2.05, 4.69) is 9.44 Å². The van der Waals surface area contributed by atoms with Crippen LogP contribution in [0.2, 0.25) is 0 Å². The molecule has 3 N–H and O–H groups in total. The number of phenolic OH excluding ortho intramolecular Hbond substituents is 1. The summed E-state index contributed by atoms with van der Waals surface area (Å²) in [6.45, 7) is 0. The molecule has 1 fully saturated rings. The standard InChI is InChI=1S/C9H11FN2O3S/c10-6-1-4-9(13)8(5-6)12-16(14,15)11-7-2-3-7/h1,4-5,7,11-13H,2-3H2. The van der Waals surface area contributed by atoms with Gasteiger partial charge in [0.15, 0.2) is 0 Å². The van der Waals surface area contributed by atoms with Crippen LogP contribution in [0.1, 0.15) is 12.8 Å². The number of rotatable bonds is 4. The summed E-state index contributed by atoms with van der Waals surface area (Å²) in [5.74, 6) is -0.940. The largest absolute Gasteiger partial charge is 0.506 e. The minimum absolute atomic E-state index is 0.0480. The number of halogens is 1. The Balaban J connectivity index is 2.15. The highest BCUT2D eigenvalue weighted by Gasteiger charge is 2.27. The summed E-state index contributed by atoms with van der Waals surface area (Å²) < 4.78 is 40.2. The van der Waals surface area contributed by atoms with Gasteiger partial charge in [0.25, 0.3) is 10.2 Å². The van der Waals surface area contributed by atoms with Crippen molar-refractivity contribution in [2.45, 2.75) is 18.9 Å². The number of hydrogen-bond donors (Lipinski definition) is 3. The summed E-state index contributed by atoms with van der Waals surface area (Å²) in [6.07, 6.45) is 1.60. The molecule has 0 saturated heterocycles. The number of anilines is 1. The number of phenols is 1. The zero-order chi connectivity index (χ0) is 11.8. The molecule has 1 aromatic carbocycles. The quantitative estimate of drug-likeness (QED) is 0.692. The van der Waals surface area contributed by atoms with Gasteiger partial charge in [0.2, 0.25) is 0 Å². The van der Waals surface area contributed by atoms with Crippen molar-refractivity contribution in [1.82, 2.24) is 4.72 Å². The van der Waals surface area contributed by atoms with E-state index in [1.807, 2.05) is 0 Å². The lowest BCUT2D eigenvalue weighted by Crippen LogP contribution is -2.31. The van der Waals surface area contributed by atoms with E-state index in [-0.39, 0.29) is 17.5 Å². The van der Waals surface area contributed by atoms with Crippen molar-refractivity contribution in [3.05, 3.63) is 24.0 Å². The number of nitrogens with one attached hydrogen (secondary N) is 2. The van der Waals surface area contributed by atoms with Crippen molar-refractivity contribution in [3.63, 3.8) is 0 Å². The maximum Gasteiger partial charge on any atom is 0.299 e. The SMILES string of the molecule is O=S(=O)(Nc1cc(F)ccc1O)NC1CC1. The molecule has 1 aliphatic rings. The minimum Gasteiger partial charge on any atom is -0.506 e. The van der Waals surface area contributed by atoms with Crippen LogP contribution in [0, 0.1) is 5.82 Å². The second kappa shape index (κ2) is 3.91. The molecule has 0 spiro atoms. The normalized spacial score (nSPS) is 16.1. The molecule has 7 heteroatoms. The molecule has 2 rings (SSSR count). The third-order valence-electron chi connectivity index (χ3n) is 2.10. The van der Waals surface area contributed by atoms with E-state index >= 15 is 0 Å². The number of aromatic hydroxyl groups is 1. The van der Waals surface area contributed by atoms with Crippen LogP contribution in [0.25, 0.3) is 0 Å². The Kier molecular flexibility index (Phi) is 2.73. The van der Waals surface area contributed by atoms with Crippen molar-refractivity contribution < 1.29 is 17.9 Å². The van der Waals surface area contributed by atoms with Crippen molar-refractivity contribution in [3.8, 4) is 5.75 Å². The molecule has 1 aromatic rings. The third-order valence-corrected chi connectivity index (χ3v) is 3.23. The molecular formula is C9H11FN2O3S. The Hall–Kier alpha value is -1.34. The zero-order valence-electron chi connectivity index (χ0n) is 8.27. The highest BCUT2D eigenvalue weighted by Crippen LogP contribution is 2.25. The Morgan fingerprint density at radius 1 is 1.38 bits per heavy atom. The lowest BCUT2D eigenvalue weighted by atomic mass is 10.3. The predicted molar refractivity (Wildman–Crippen MR) is 56.8 cm³/mol. The number of hydrogen-bond acceptors (Lipinski definition) is 3. The van der Waals surface area contributed by atoms with Crippen molar-refractivity contribution >= 4 is 15.9 Å². The molecule has 5 nitrogen and oxygen atoms in total. The van der Waals surface area contributed by atoms with Crippen LogP contribution in [0.15, 0.2) is 18.2 Å². The third kappa shape index (κ3) is 2.83. The average Bonchev–Trinajstić information content (AvgIpc) is 2.94. The fraction of sp³-hybridized carbons (Fsp3) is 0.333. The summed E-state index contributed by atoms with van der Waals surface area (Å²) >= 11 is 0. The van der Waals surface area contributed by atoms with Gasteiger partial charge in [-0.2, -0.15) is 13.1 Å². The van der Waals surface area contributed by atoms with Gasteiger partial charge in [-0.25, -0.2) is 4.39 Å². The van der Waals surface area contributed by atoms with Crippen molar-refractivity contribution in [1.29, 1.82) is 0 Å². The van der Waals surface area contributed by atoms with Crippen molar-refractivity contribution in [2.24, 2.45) is 0 Å². The smallest absolute Gasteiger partial charge is 0.299 e. The Bertz CT molecular complexity index is 499. The van der Waals surface area contributed by atoms with Gasteiger partial charge in [-0.05, 0) is 25.0 Å². The van der Waals surface area contributed by atoms with Crippen LogP contribution in [0.5, 0.6) is 5.75 Å². The second-order valence-electron chi connectivity index (χ2n) is 3.66. The van der Waals surface area contributed by atoms with E-state index in [4.69, 9.17) is 0 Å². The van der Waals surface area contributed by atoms with E-state index in [0.717, 1.165) is 31.0 Å². The molecule has 0 atom stereocenters. The Morgan fingerprint density at radius 2 is 2.06 bits per heavy atom. The number of benzene rings is 1. The fourth-order valence-corrected chi connectivity index (χ4v) is 2.37. The minimum atomic E-state index is -3.74. The van der Waals surface area contributed by atoms with Crippen molar-refractivity contribution in [2.75, 3.05) is 4.72 Å². The molecule has 0 aliphatic heterocycles. The molecule has 1 saturated carbocycles. The first-order chi connectivity index (χ1) is 7.46. The first-order valence-electron chi connectivity index (χ1n) is 4.75. The Morgan fingerprint density at radius 3 is 2.69 bits per heavy atom. The van der Waals surface area contributed by atoms with Gasteiger partial charge in [0.05, 0.1) is 5.69 Å². The van der Waals surface area contributed by atoms with Gasteiger partial charge in [-0.15, -0.1) is 0 Å². The molecular weight excluding hydrogens is 235 g/mol. The van der Waals surface area contributed by atoms with Crippen LogP contribution in [0.4, 0.5) is 10.1 Å². The zero-order valence-corrected chi connectivity index (χ0v) is 9.09. The van der Waals surface area contributed by atoms with Crippen LogP contribution in [-0.2, 0) is 10.2 Å². The Labute approximate surface area is 92.5 Å². The first kappa shape index (κ1) is 11.2. The second-order valence-corrected chi connectivity index (χ2v) is 5.11. The molecule has 1 aliphatic carbocycles. The highest BCUT2D eigenvalue weighted by atomic mass is 32.2. The van der Waals surface area contributed by atoms with E-state index in [9.17, 15) is 17.9 Å². The van der Waals surface area contributed by atoms with Crippen LogP contribution in [-0.4, -0.2) is 19.6 Å². The lowest BCUT2D eigenvalue weighted by Gasteiger charge is -2.09. The molecule has 0 bridgehead atoms. The van der Waals surface area contributed by atoms with Gasteiger partial charge in [-0.3, -0.25) is 4.72 Å². The van der Waals surface area contributed by atoms with Crippen LogP contribution < -0.4 is 9.44 Å². The topological polar surface area (TPSA) is 78.4 Å². The molecule has 0 heterocycles. The summed E-state index contributed by atoms with van der Waals surface area (Å²) in [5.41, 5.74) is -0.173. The average molecular weight is 246 g/mol. The summed E-state index contributed by atoms with van der Waals surface area (Å²) in [5, 5.41) is 9.33. The molecule has 88 valence electrons. The van der Waals surface area contributed by atoms with Crippen LogP contribution in [0.3, 0.4) is 0 Å². The summed E-state index contributed by atoms with van der Waals surface area (Å²) in [6, 6.07) is 3.00. The van der Waals surface area contributed by atoms with Gasteiger partial charge < -0.3 is 5.11 Å². The molecule has 0 amide bonds. The predicted octanol–water partition coefficient (Wildman–Crippen LogP) is 0.940. The van der Waals surface area contributed by atoms with E-state index in [0.29, 0.717) is 0 Å². The molecule has 0 aromatic heterocycles.